The zero-order chi connectivity index (χ0) is 19.4. The van der Waals surface area contributed by atoms with Gasteiger partial charge in [-0.3, -0.25) is 14.5 Å². The fourth-order valence-electron chi connectivity index (χ4n) is 4.25. The summed E-state index contributed by atoms with van der Waals surface area (Å²) in [6.07, 6.45) is 0. The summed E-state index contributed by atoms with van der Waals surface area (Å²) >= 11 is 0. The number of amides is 2. The molecule has 2 heterocycles. The van der Waals surface area contributed by atoms with E-state index in [0.29, 0.717) is 5.56 Å². The highest BCUT2D eigenvalue weighted by atomic mass is 16.5. The van der Waals surface area contributed by atoms with Gasteiger partial charge in [-0.2, -0.15) is 0 Å². The van der Waals surface area contributed by atoms with Crippen LogP contribution >= 0.6 is 0 Å². The lowest BCUT2D eigenvalue weighted by Crippen LogP contribution is -2.98. The summed E-state index contributed by atoms with van der Waals surface area (Å²) in [4.78, 5) is 38.8. The Morgan fingerprint density at radius 3 is 2.54 bits per heavy atom. The van der Waals surface area contributed by atoms with Crippen molar-refractivity contribution in [2.45, 2.75) is 38.4 Å². The van der Waals surface area contributed by atoms with E-state index in [9.17, 15) is 24.6 Å². The predicted octanol–water partition coefficient (Wildman–Crippen LogP) is -1.46. The van der Waals surface area contributed by atoms with Crippen LogP contribution in [0.1, 0.15) is 32.4 Å². The van der Waals surface area contributed by atoms with Crippen molar-refractivity contribution in [3.8, 4) is 11.5 Å². The van der Waals surface area contributed by atoms with Gasteiger partial charge >= 0.3 is 0 Å². The zero-order valence-corrected chi connectivity index (χ0v) is 15.1. The highest BCUT2D eigenvalue weighted by Gasteiger charge is 2.68. The molecule has 0 bridgehead atoms. The van der Waals surface area contributed by atoms with Crippen molar-refractivity contribution in [2.75, 3.05) is 7.11 Å². The summed E-state index contributed by atoms with van der Waals surface area (Å²) in [5.41, 5.74) is -1.25. The van der Waals surface area contributed by atoms with Crippen LogP contribution in [-0.2, 0) is 14.4 Å². The molecule has 3 rings (SSSR count). The van der Waals surface area contributed by atoms with Crippen LogP contribution in [0.4, 0.5) is 0 Å². The monoisotopic (exact) mass is 362 g/mol. The van der Waals surface area contributed by atoms with Gasteiger partial charge in [-0.1, -0.05) is 6.07 Å². The van der Waals surface area contributed by atoms with E-state index in [2.05, 4.69) is 0 Å². The standard InChI is InChI=1S/C18H22N2O6/c1-8(2)20-15(22)11-12(16(20)23)18(3,17(24)25)19-13(11)9-6-5-7-10(26-4)14(9)21/h5-8,11-13,19,21H,1-4H3,(H,24,25)/t11-,12-,13-,18+/m0/s1. The van der Waals surface area contributed by atoms with Crippen LogP contribution in [-0.4, -0.2) is 46.5 Å². The Bertz CT molecular complexity index is 792. The van der Waals surface area contributed by atoms with Gasteiger partial charge in [0.15, 0.2) is 11.5 Å². The summed E-state index contributed by atoms with van der Waals surface area (Å²) in [5, 5.41) is 23.8. The van der Waals surface area contributed by atoms with Crippen molar-refractivity contribution in [3.05, 3.63) is 23.8 Å². The number of aromatic hydroxyl groups is 1. The molecular weight excluding hydrogens is 340 g/mol. The quantitative estimate of drug-likeness (QED) is 0.631. The number of aliphatic carboxylic acids is 1. The number of quaternary nitrogens is 1. The summed E-state index contributed by atoms with van der Waals surface area (Å²) < 4.78 is 5.11. The van der Waals surface area contributed by atoms with Crippen LogP contribution < -0.4 is 15.2 Å². The molecule has 3 N–H and O–H groups in total. The summed E-state index contributed by atoms with van der Waals surface area (Å²) in [5.74, 6) is -4.26. The Balaban J connectivity index is 2.16. The van der Waals surface area contributed by atoms with E-state index < -0.39 is 41.2 Å². The topological polar surface area (TPSA) is 124 Å². The van der Waals surface area contributed by atoms with Gasteiger partial charge in [-0.05, 0) is 32.9 Å². The Morgan fingerprint density at radius 1 is 1.35 bits per heavy atom. The smallest absolute Gasteiger partial charge is 0.240 e. The molecule has 0 saturated carbocycles. The van der Waals surface area contributed by atoms with Gasteiger partial charge in [0, 0.05) is 6.04 Å². The number of fused-ring (bicyclic) bond motifs is 1. The third kappa shape index (κ3) is 2.28. The Hall–Kier alpha value is -2.61. The molecule has 1 aromatic rings. The van der Waals surface area contributed by atoms with Crippen LogP contribution in [0, 0.1) is 11.8 Å². The minimum absolute atomic E-state index is 0.166. The number of carboxylic acid groups (broad SMARTS) is 1. The molecule has 2 aliphatic rings. The van der Waals surface area contributed by atoms with Crippen molar-refractivity contribution >= 4 is 17.8 Å². The predicted molar refractivity (Wildman–Crippen MR) is 86.7 cm³/mol. The van der Waals surface area contributed by atoms with Crippen molar-refractivity contribution in [3.63, 3.8) is 0 Å². The zero-order valence-electron chi connectivity index (χ0n) is 15.1. The van der Waals surface area contributed by atoms with Crippen LogP contribution in [0.5, 0.6) is 11.5 Å². The third-order valence-electron chi connectivity index (χ3n) is 5.51. The highest BCUT2D eigenvalue weighted by Crippen LogP contribution is 2.47. The number of phenolic OH excluding ortho intramolecular Hbond substituents is 1. The summed E-state index contributed by atoms with van der Waals surface area (Å²) in [6, 6.07) is 3.69. The first-order valence-corrected chi connectivity index (χ1v) is 8.45. The maximum Gasteiger partial charge on any atom is 0.240 e. The number of carbonyl (C=O) groups is 3. The summed E-state index contributed by atoms with van der Waals surface area (Å²) in [7, 11) is 1.40. The molecule has 26 heavy (non-hydrogen) atoms. The Kier molecular flexibility index (Phi) is 4.18. The number of hydrogen-bond donors (Lipinski definition) is 2. The first-order chi connectivity index (χ1) is 12.1. The lowest BCUT2D eigenvalue weighted by atomic mass is 9.80. The first-order valence-electron chi connectivity index (χ1n) is 8.45. The van der Waals surface area contributed by atoms with Gasteiger partial charge in [-0.25, -0.2) is 0 Å². The van der Waals surface area contributed by atoms with Gasteiger partial charge in [0.25, 0.3) is 0 Å². The number of para-hydroxylation sites is 1. The van der Waals surface area contributed by atoms with Crippen molar-refractivity contribution in [1.82, 2.24) is 4.90 Å². The molecule has 1 aromatic carbocycles. The van der Waals surface area contributed by atoms with E-state index in [1.165, 1.54) is 19.4 Å². The SMILES string of the molecule is COc1cccc([C@@H]2[NH2+][C@@](C)(C(=O)[O-])[C@@H]3C(=O)N(C(C)C)C(=O)[C@@H]32)c1O. The molecule has 8 heteroatoms. The lowest BCUT2D eigenvalue weighted by Gasteiger charge is -2.30. The van der Waals surface area contributed by atoms with Gasteiger partial charge in [-0.15, -0.1) is 0 Å². The van der Waals surface area contributed by atoms with E-state index >= 15 is 0 Å². The number of hydrogen-bond acceptors (Lipinski definition) is 6. The van der Waals surface area contributed by atoms with Gasteiger partial charge < -0.3 is 25.1 Å². The number of nitrogens with two attached hydrogens (primary N) is 1. The molecule has 2 fully saturated rings. The molecule has 2 amide bonds. The normalized spacial score (nSPS) is 30.8. The van der Waals surface area contributed by atoms with Gasteiger partial charge in [0.05, 0.1) is 12.7 Å². The molecule has 140 valence electrons. The van der Waals surface area contributed by atoms with Crippen LogP contribution in [0.15, 0.2) is 18.2 Å². The van der Waals surface area contributed by atoms with Crippen LogP contribution in [0.2, 0.25) is 0 Å². The van der Waals surface area contributed by atoms with Crippen molar-refractivity contribution in [2.24, 2.45) is 11.8 Å². The van der Waals surface area contributed by atoms with E-state index in [1.54, 1.807) is 32.0 Å². The number of ether oxygens (including phenoxy) is 1. The fourth-order valence-corrected chi connectivity index (χ4v) is 4.25. The summed E-state index contributed by atoms with van der Waals surface area (Å²) in [6.45, 7) is 4.80. The maximum atomic E-state index is 13.0. The average molecular weight is 362 g/mol. The van der Waals surface area contributed by atoms with E-state index in [-0.39, 0.29) is 17.5 Å². The average Bonchev–Trinajstić information content (AvgIpc) is 3.02. The number of imide groups is 1. The first kappa shape index (κ1) is 18.2. The highest BCUT2D eigenvalue weighted by molar-refractivity contribution is 6.08. The van der Waals surface area contributed by atoms with Crippen LogP contribution in [0.3, 0.4) is 0 Å². The molecule has 0 spiro atoms. The minimum Gasteiger partial charge on any atom is -0.544 e. The number of phenols is 1. The number of methoxy groups -OCH3 is 1. The van der Waals surface area contributed by atoms with Crippen molar-refractivity contribution in [1.29, 1.82) is 0 Å². The molecule has 0 unspecified atom stereocenters. The number of nitrogens with zero attached hydrogens (tertiary/aromatic N) is 1. The largest absolute Gasteiger partial charge is 0.544 e. The number of benzene rings is 1. The number of rotatable bonds is 4. The Labute approximate surface area is 150 Å². The molecular formula is C18H22N2O6. The lowest BCUT2D eigenvalue weighted by molar-refractivity contribution is -0.735. The molecule has 8 nitrogen and oxygen atoms in total. The van der Waals surface area contributed by atoms with E-state index in [0.717, 1.165) is 4.90 Å². The minimum atomic E-state index is -1.61. The third-order valence-corrected chi connectivity index (χ3v) is 5.51. The van der Waals surface area contributed by atoms with Crippen LogP contribution in [0.25, 0.3) is 0 Å². The molecule has 0 radical (unpaired) electrons. The Morgan fingerprint density at radius 2 is 2.00 bits per heavy atom. The molecule has 2 saturated heterocycles. The fraction of sp³-hybridized carbons (Fsp3) is 0.500. The second-order valence-corrected chi connectivity index (χ2v) is 7.30. The number of likely N-dealkylation sites (tertiary alicyclic amines) is 1. The second kappa shape index (κ2) is 5.98. The van der Waals surface area contributed by atoms with E-state index in [1.807, 2.05) is 0 Å². The van der Waals surface area contributed by atoms with E-state index in [4.69, 9.17) is 4.74 Å². The van der Waals surface area contributed by atoms with Gasteiger partial charge in [0.1, 0.15) is 29.4 Å². The maximum absolute atomic E-state index is 13.0. The van der Waals surface area contributed by atoms with Gasteiger partial charge in [0.2, 0.25) is 11.8 Å². The molecule has 0 aromatic heterocycles. The molecule has 0 aliphatic carbocycles. The molecule has 4 atom stereocenters. The second-order valence-electron chi connectivity index (χ2n) is 7.30. The number of carbonyl (C=O) groups excluding carboxylic acids is 3. The van der Waals surface area contributed by atoms with Crippen molar-refractivity contribution < 1.29 is 34.7 Å². The number of carboxylic acids is 1. The molecule has 2 aliphatic heterocycles.